The van der Waals surface area contributed by atoms with Gasteiger partial charge in [-0.3, -0.25) is 0 Å². The predicted molar refractivity (Wildman–Crippen MR) is 65.1 cm³/mol. The van der Waals surface area contributed by atoms with Crippen molar-refractivity contribution in [2.75, 3.05) is 6.54 Å². The van der Waals surface area contributed by atoms with Gasteiger partial charge in [-0.05, 0) is 74.2 Å². The molecule has 1 aliphatic rings. The van der Waals surface area contributed by atoms with Crippen molar-refractivity contribution in [1.82, 2.24) is 0 Å². The minimum absolute atomic E-state index is 0.451. The molecule has 0 amide bonds. The molecule has 1 aliphatic carbocycles. The Morgan fingerprint density at radius 3 is 2.20 bits per heavy atom. The highest BCUT2D eigenvalue weighted by atomic mass is 14.6. The lowest BCUT2D eigenvalue weighted by Gasteiger charge is -2.16. The molecule has 0 saturated heterocycles. The van der Waals surface area contributed by atoms with Crippen molar-refractivity contribution < 1.29 is 0 Å². The highest BCUT2D eigenvalue weighted by Crippen LogP contribution is 2.47. The van der Waals surface area contributed by atoms with E-state index in [0.29, 0.717) is 5.41 Å². The quantitative estimate of drug-likeness (QED) is 0.803. The van der Waals surface area contributed by atoms with E-state index < -0.39 is 0 Å². The lowest BCUT2D eigenvalue weighted by atomic mass is 9.91. The third-order valence-corrected chi connectivity index (χ3v) is 3.91. The second-order valence-electron chi connectivity index (χ2n) is 5.24. The van der Waals surface area contributed by atoms with Crippen LogP contribution in [0, 0.1) is 26.2 Å². The summed E-state index contributed by atoms with van der Waals surface area (Å²) >= 11 is 0. The number of rotatable bonds is 3. The van der Waals surface area contributed by atoms with E-state index in [1.54, 1.807) is 0 Å². The average Bonchev–Trinajstić information content (AvgIpc) is 2.95. The van der Waals surface area contributed by atoms with E-state index >= 15 is 0 Å². The van der Waals surface area contributed by atoms with Crippen LogP contribution in [0.25, 0.3) is 0 Å². The first-order valence-corrected chi connectivity index (χ1v) is 5.83. The van der Waals surface area contributed by atoms with Crippen LogP contribution >= 0.6 is 0 Å². The molecule has 1 aromatic carbocycles. The lowest BCUT2D eigenvalue weighted by molar-refractivity contribution is 0.519. The van der Waals surface area contributed by atoms with Crippen LogP contribution in [0.1, 0.15) is 35.1 Å². The Bertz CT molecular complexity index is 375. The highest BCUT2D eigenvalue weighted by Gasteiger charge is 2.41. The number of hydrogen-bond acceptors (Lipinski definition) is 1. The summed E-state index contributed by atoms with van der Waals surface area (Å²) in [4.78, 5) is 0. The maximum absolute atomic E-state index is 5.83. The zero-order chi connectivity index (χ0) is 11.1. The molecular weight excluding hydrogens is 182 g/mol. The van der Waals surface area contributed by atoms with Gasteiger partial charge < -0.3 is 5.73 Å². The van der Waals surface area contributed by atoms with Crippen molar-refractivity contribution in [1.29, 1.82) is 0 Å². The molecular formula is C14H21N. The molecule has 0 spiro atoms. The van der Waals surface area contributed by atoms with E-state index in [4.69, 9.17) is 5.73 Å². The van der Waals surface area contributed by atoms with Crippen molar-refractivity contribution >= 4 is 0 Å². The van der Waals surface area contributed by atoms with Crippen LogP contribution in [0.2, 0.25) is 0 Å². The molecule has 0 heterocycles. The summed E-state index contributed by atoms with van der Waals surface area (Å²) in [5.41, 5.74) is 12.0. The molecule has 2 rings (SSSR count). The van der Waals surface area contributed by atoms with Gasteiger partial charge in [0.2, 0.25) is 0 Å². The molecule has 1 nitrogen and oxygen atoms in total. The van der Waals surface area contributed by atoms with Crippen LogP contribution in [0.15, 0.2) is 12.1 Å². The molecule has 0 aliphatic heterocycles. The predicted octanol–water partition coefficient (Wildman–Crippen LogP) is 2.89. The second-order valence-corrected chi connectivity index (χ2v) is 5.24. The van der Waals surface area contributed by atoms with Gasteiger partial charge in [0.05, 0.1) is 0 Å². The Hall–Kier alpha value is -0.820. The van der Waals surface area contributed by atoms with Crippen molar-refractivity contribution in [2.45, 2.75) is 40.0 Å². The van der Waals surface area contributed by atoms with Crippen LogP contribution in [-0.2, 0) is 6.42 Å². The van der Waals surface area contributed by atoms with Gasteiger partial charge in [0.1, 0.15) is 0 Å². The maximum atomic E-state index is 5.83. The number of benzene rings is 1. The van der Waals surface area contributed by atoms with Gasteiger partial charge in [0.25, 0.3) is 0 Å². The van der Waals surface area contributed by atoms with Gasteiger partial charge in [0.15, 0.2) is 0 Å². The van der Waals surface area contributed by atoms with Gasteiger partial charge in [-0.25, -0.2) is 0 Å². The lowest BCUT2D eigenvalue weighted by Crippen LogP contribution is -2.18. The fraction of sp³-hybridized carbons (Fsp3) is 0.571. The summed E-state index contributed by atoms with van der Waals surface area (Å²) in [6.07, 6.45) is 3.81. The highest BCUT2D eigenvalue weighted by molar-refractivity contribution is 5.37. The summed E-state index contributed by atoms with van der Waals surface area (Å²) in [5.74, 6) is 0. The number of aryl methyl sites for hydroxylation is 3. The van der Waals surface area contributed by atoms with E-state index in [0.717, 1.165) is 6.54 Å². The maximum Gasteiger partial charge on any atom is -0.00173 e. The van der Waals surface area contributed by atoms with Crippen LogP contribution < -0.4 is 5.73 Å². The molecule has 0 unspecified atom stereocenters. The van der Waals surface area contributed by atoms with E-state index in [-0.39, 0.29) is 0 Å². The molecule has 0 bridgehead atoms. The first-order chi connectivity index (χ1) is 7.06. The Kier molecular flexibility index (Phi) is 2.59. The van der Waals surface area contributed by atoms with Crippen molar-refractivity contribution in [3.8, 4) is 0 Å². The van der Waals surface area contributed by atoms with Crippen LogP contribution in [0.3, 0.4) is 0 Å². The monoisotopic (exact) mass is 203 g/mol. The first kappa shape index (κ1) is 10.7. The summed E-state index contributed by atoms with van der Waals surface area (Å²) in [6.45, 7) is 7.44. The molecule has 1 aromatic rings. The minimum atomic E-state index is 0.451. The smallest absolute Gasteiger partial charge is 0.00173 e. The zero-order valence-corrected chi connectivity index (χ0v) is 10.1. The fourth-order valence-corrected chi connectivity index (χ4v) is 2.24. The van der Waals surface area contributed by atoms with Crippen LogP contribution in [0.4, 0.5) is 0 Å². The minimum Gasteiger partial charge on any atom is -0.330 e. The van der Waals surface area contributed by atoms with Gasteiger partial charge in [0, 0.05) is 0 Å². The molecule has 0 atom stereocenters. The fourth-order valence-electron chi connectivity index (χ4n) is 2.24. The van der Waals surface area contributed by atoms with Gasteiger partial charge in [-0.15, -0.1) is 0 Å². The molecule has 0 aromatic heterocycles. The molecule has 1 saturated carbocycles. The van der Waals surface area contributed by atoms with E-state index in [9.17, 15) is 0 Å². The molecule has 1 heteroatoms. The number of nitrogens with two attached hydrogens (primary N) is 1. The van der Waals surface area contributed by atoms with Gasteiger partial charge in [-0.1, -0.05) is 12.1 Å². The van der Waals surface area contributed by atoms with Crippen molar-refractivity contribution in [2.24, 2.45) is 11.1 Å². The zero-order valence-electron chi connectivity index (χ0n) is 10.1. The SMILES string of the molecule is Cc1cc(C)c(CC2(CN)CC2)cc1C. The standard InChI is InChI=1S/C14H21N/c1-10-6-12(3)13(7-11(10)2)8-14(9-15)4-5-14/h6-7H,4-5,8-9,15H2,1-3H3. The average molecular weight is 203 g/mol. The molecule has 2 N–H and O–H groups in total. The van der Waals surface area contributed by atoms with Crippen molar-refractivity contribution in [3.63, 3.8) is 0 Å². The third-order valence-electron chi connectivity index (χ3n) is 3.91. The molecule has 82 valence electrons. The summed E-state index contributed by atoms with van der Waals surface area (Å²) in [5, 5.41) is 0. The Morgan fingerprint density at radius 2 is 1.67 bits per heavy atom. The van der Waals surface area contributed by atoms with Crippen LogP contribution in [0.5, 0.6) is 0 Å². The first-order valence-electron chi connectivity index (χ1n) is 5.83. The summed E-state index contributed by atoms with van der Waals surface area (Å²) in [6, 6.07) is 4.65. The Balaban J connectivity index is 2.25. The second kappa shape index (κ2) is 3.64. The van der Waals surface area contributed by atoms with Crippen molar-refractivity contribution in [3.05, 3.63) is 34.4 Å². The Labute approximate surface area is 92.7 Å². The molecule has 15 heavy (non-hydrogen) atoms. The van der Waals surface area contributed by atoms with E-state index in [1.165, 1.54) is 41.5 Å². The summed E-state index contributed by atoms with van der Waals surface area (Å²) < 4.78 is 0. The summed E-state index contributed by atoms with van der Waals surface area (Å²) in [7, 11) is 0. The topological polar surface area (TPSA) is 26.0 Å². The van der Waals surface area contributed by atoms with Gasteiger partial charge in [-0.2, -0.15) is 0 Å². The van der Waals surface area contributed by atoms with Gasteiger partial charge >= 0.3 is 0 Å². The van der Waals surface area contributed by atoms with E-state index in [2.05, 4.69) is 32.9 Å². The third kappa shape index (κ3) is 2.07. The molecule has 1 fully saturated rings. The van der Waals surface area contributed by atoms with Crippen LogP contribution in [-0.4, -0.2) is 6.54 Å². The largest absolute Gasteiger partial charge is 0.330 e. The molecule has 0 radical (unpaired) electrons. The van der Waals surface area contributed by atoms with E-state index in [1.807, 2.05) is 0 Å². The number of hydrogen-bond donors (Lipinski definition) is 1. The Morgan fingerprint density at radius 1 is 1.07 bits per heavy atom. The normalized spacial score (nSPS) is 17.9.